The first-order chi connectivity index (χ1) is 7.51. The normalized spacial score (nSPS) is 12.2. The number of carbonyl (C=O) groups is 1. The number of ether oxygens (including phenoxy) is 2. The maximum absolute atomic E-state index is 11.4. The van der Waals surface area contributed by atoms with Crippen molar-refractivity contribution in [3.63, 3.8) is 0 Å². The van der Waals surface area contributed by atoms with E-state index in [-0.39, 0.29) is 10.7 Å². The minimum absolute atomic E-state index is 0.202. The SMILES string of the molecule is COC(=O)c1c(C)[nH]c(C(C)OC)nc1=S. The highest BCUT2D eigenvalue weighted by molar-refractivity contribution is 7.71. The summed E-state index contributed by atoms with van der Waals surface area (Å²) in [7, 11) is 2.88. The number of hydrogen-bond acceptors (Lipinski definition) is 5. The van der Waals surface area contributed by atoms with Crippen LogP contribution in [0, 0.1) is 11.6 Å². The van der Waals surface area contributed by atoms with Gasteiger partial charge in [-0.3, -0.25) is 0 Å². The van der Waals surface area contributed by atoms with Gasteiger partial charge in [0.2, 0.25) is 0 Å². The molecule has 0 fully saturated rings. The second kappa shape index (κ2) is 5.18. The van der Waals surface area contributed by atoms with Crippen LogP contribution in [0.3, 0.4) is 0 Å². The van der Waals surface area contributed by atoms with Gasteiger partial charge in [0, 0.05) is 12.8 Å². The Bertz CT molecular complexity index is 456. The lowest BCUT2D eigenvalue weighted by Gasteiger charge is -2.11. The number of aromatic amines is 1. The predicted molar refractivity (Wildman–Crippen MR) is 60.9 cm³/mol. The maximum atomic E-state index is 11.4. The summed E-state index contributed by atoms with van der Waals surface area (Å²) >= 11 is 5.05. The van der Waals surface area contributed by atoms with Gasteiger partial charge in [-0.15, -0.1) is 0 Å². The Labute approximate surface area is 98.8 Å². The van der Waals surface area contributed by atoms with Crippen molar-refractivity contribution in [2.24, 2.45) is 0 Å². The smallest absolute Gasteiger partial charge is 0.342 e. The second-order valence-electron chi connectivity index (χ2n) is 3.30. The van der Waals surface area contributed by atoms with Crippen LogP contribution < -0.4 is 0 Å². The van der Waals surface area contributed by atoms with Crippen molar-refractivity contribution in [2.75, 3.05) is 14.2 Å². The Morgan fingerprint density at radius 2 is 2.12 bits per heavy atom. The molecule has 0 aliphatic rings. The molecule has 1 atom stereocenters. The quantitative estimate of drug-likeness (QED) is 0.648. The molecule has 0 spiro atoms. The van der Waals surface area contributed by atoms with Crippen LogP contribution in [0.25, 0.3) is 0 Å². The zero-order valence-electron chi connectivity index (χ0n) is 9.66. The van der Waals surface area contributed by atoms with E-state index in [4.69, 9.17) is 17.0 Å². The van der Waals surface area contributed by atoms with Gasteiger partial charge in [0.25, 0.3) is 0 Å². The number of nitrogens with one attached hydrogen (secondary N) is 1. The summed E-state index contributed by atoms with van der Waals surface area (Å²) in [6.45, 7) is 3.58. The molecular weight excluding hydrogens is 228 g/mol. The van der Waals surface area contributed by atoms with Gasteiger partial charge in [0.15, 0.2) is 0 Å². The summed E-state index contributed by atoms with van der Waals surface area (Å²) in [5, 5.41) is 0. The van der Waals surface area contributed by atoms with E-state index in [1.54, 1.807) is 14.0 Å². The van der Waals surface area contributed by atoms with Crippen LogP contribution in [0.4, 0.5) is 0 Å². The molecule has 0 aliphatic heterocycles. The highest BCUT2D eigenvalue weighted by Gasteiger charge is 2.16. The van der Waals surface area contributed by atoms with Crippen LogP contribution in [-0.4, -0.2) is 30.2 Å². The first-order valence-electron chi connectivity index (χ1n) is 4.73. The summed E-state index contributed by atoms with van der Waals surface area (Å²) in [5.41, 5.74) is 0.926. The van der Waals surface area contributed by atoms with Gasteiger partial charge >= 0.3 is 5.97 Å². The predicted octanol–water partition coefficient (Wildman–Crippen LogP) is 1.94. The van der Waals surface area contributed by atoms with Crippen molar-refractivity contribution >= 4 is 18.2 Å². The summed E-state index contributed by atoms with van der Waals surface area (Å²) in [6.07, 6.45) is -0.202. The second-order valence-corrected chi connectivity index (χ2v) is 3.68. The Balaban J connectivity index is 3.28. The van der Waals surface area contributed by atoms with E-state index in [0.717, 1.165) is 0 Å². The van der Waals surface area contributed by atoms with Crippen LogP contribution >= 0.6 is 12.2 Å². The molecule has 16 heavy (non-hydrogen) atoms. The number of nitrogens with zero attached hydrogens (tertiary/aromatic N) is 1. The Kier molecular flexibility index (Phi) is 4.14. The summed E-state index contributed by atoms with van der Waals surface area (Å²) < 4.78 is 9.97. The van der Waals surface area contributed by atoms with Crippen molar-refractivity contribution in [3.05, 3.63) is 21.7 Å². The lowest BCUT2D eigenvalue weighted by molar-refractivity contribution is 0.0597. The van der Waals surface area contributed by atoms with Crippen LogP contribution in [0.15, 0.2) is 0 Å². The Morgan fingerprint density at radius 1 is 1.50 bits per heavy atom. The molecule has 0 bridgehead atoms. The molecule has 1 aromatic heterocycles. The molecular formula is C10H14N2O3S. The van der Waals surface area contributed by atoms with Crippen LogP contribution in [0.2, 0.25) is 0 Å². The average Bonchev–Trinajstić information content (AvgIpc) is 2.26. The van der Waals surface area contributed by atoms with Gasteiger partial charge in [-0.2, -0.15) is 0 Å². The number of esters is 1. The van der Waals surface area contributed by atoms with E-state index in [2.05, 4.69) is 14.7 Å². The molecule has 0 radical (unpaired) electrons. The lowest BCUT2D eigenvalue weighted by atomic mass is 10.2. The first-order valence-corrected chi connectivity index (χ1v) is 5.14. The Morgan fingerprint density at radius 3 is 2.56 bits per heavy atom. The lowest BCUT2D eigenvalue weighted by Crippen LogP contribution is -2.12. The molecule has 0 saturated carbocycles. The van der Waals surface area contributed by atoms with E-state index in [1.807, 2.05) is 6.92 Å². The number of aryl methyl sites for hydroxylation is 1. The monoisotopic (exact) mass is 242 g/mol. The van der Waals surface area contributed by atoms with E-state index >= 15 is 0 Å². The first kappa shape index (κ1) is 12.8. The van der Waals surface area contributed by atoms with Crippen molar-refractivity contribution in [1.29, 1.82) is 0 Å². The summed E-state index contributed by atoms with van der Waals surface area (Å²) in [4.78, 5) is 18.5. The molecule has 0 aliphatic carbocycles. The average molecular weight is 242 g/mol. The fourth-order valence-electron chi connectivity index (χ4n) is 1.25. The van der Waals surface area contributed by atoms with Crippen molar-refractivity contribution < 1.29 is 14.3 Å². The van der Waals surface area contributed by atoms with E-state index in [9.17, 15) is 4.79 Å². The van der Waals surface area contributed by atoms with Crippen LogP contribution in [0.5, 0.6) is 0 Å². The highest BCUT2D eigenvalue weighted by Crippen LogP contribution is 2.14. The molecule has 1 aromatic rings. The fourth-order valence-corrected chi connectivity index (χ4v) is 1.59. The number of rotatable bonds is 3. The van der Waals surface area contributed by atoms with Gasteiger partial charge in [-0.25, -0.2) is 9.78 Å². The zero-order valence-corrected chi connectivity index (χ0v) is 10.5. The molecule has 0 amide bonds. The van der Waals surface area contributed by atoms with Gasteiger partial charge in [0.05, 0.1) is 7.11 Å². The van der Waals surface area contributed by atoms with Crippen molar-refractivity contribution in [1.82, 2.24) is 9.97 Å². The standard InChI is InChI=1S/C10H14N2O3S/c1-5-7(10(13)15-4)9(16)12-8(11-5)6(2)14-3/h6H,1-4H3,(H,11,12,16). The third-order valence-corrected chi connectivity index (χ3v) is 2.55. The molecule has 1 heterocycles. The molecule has 88 valence electrons. The van der Waals surface area contributed by atoms with Gasteiger partial charge in [-0.05, 0) is 13.8 Å². The zero-order chi connectivity index (χ0) is 12.3. The highest BCUT2D eigenvalue weighted by atomic mass is 32.1. The number of methoxy groups -OCH3 is 2. The molecule has 1 N–H and O–H groups in total. The topological polar surface area (TPSA) is 64.2 Å². The summed E-state index contributed by atoms with van der Waals surface area (Å²) in [5.74, 6) is 0.112. The van der Waals surface area contributed by atoms with Gasteiger partial charge < -0.3 is 14.5 Å². The molecule has 1 rings (SSSR count). The third kappa shape index (κ3) is 2.45. The molecule has 6 heteroatoms. The van der Waals surface area contributed by atoms with Gasteiger partial charge in [-0.1, -0.05) is 12.2 Å². The minimum Gasteiger partial charge on any atom is -0.465 e. The molecule has 5 nitrogen and oxygen atoms in total. The van der Waals surface area contributed by atoms with Crippen LogP contribution in [-0.2, 0) is 9.47 Å². The number of carbonyl (C=O) groups excluding carboxylic acids is 1. The third-order valence-electron chi connectivity index (χ3n) is 2.25. The van der Waals surface area contributed by atoms with E-state index in [1.165, 1.54) is 7.11 Å². The van der Waals surface area contributed by atoms with Crippen molar-refractivity contribution in [2.45, 2.75) is 20.0 Å². The summed E-state index contributed by atoms with van der Waals surface area (Å²) in [6, 6.07) is 0. The number of H-pyrrole nitrogens is 1. The van der Waals surface area contributed by atoms with Crippen molar-refractivity contribution in [3.8, 4) is 0 Å². The Hall–Kier alpha value is -1.27. The molecule has 1 unspecified atom stereocenters. The minimum atomic E-state index is -0.483. The van der Waals surface area contributed by atoms with Gasteiger partial charge in [0.1, 0.15) is 22.1 Å². The number of aromatic nitrogens is 2. The largest absolute Gasteiger partial charge is 0.465 e. The maximum Gasteiger partial charge on any atom is 0.342 e. The van der Waals surface area contributed by atoms with Crippen LogP contribution in [0.1, 0.15) is 34.9 Å². The number of hydrogen-bond donors (Lipinski definition) is 1. The van der Waals surface area contributed by atoms with E-state index in [0.29, 0.717) is 17.1 Å². The molecule has 0 saturated heterocycles. The fraction of sp³-hybridized carbons (Fsp3) is 0.500. The van der Waals surface area contributed by atoms with E-state index < -0.39 is 5.97 Å². The molecule has 0 aromatic carbocycles.